The van der Waals surface area contributed by atoms with Crippen LogP contribution in [0.4, 0.5) is 5.69 Å². The molecule has 1 heterocycles. The summed E-state index contributed by atoms with van der Waals surface area (Å²) in [5.74, 6) is 0.711. The SMILES string of the molecule is COc1ccc(N2CCN(C(=O)CCCCCCC(=O)NO)CC2)cc1. The van der Waals surface area contributed by atoms with E-state index in [0.29, 0.717) is 12.8 Å². The van der Waals surface area contributed by atoms with Crippen molar-refractivity contribution in [2.45, 2.75) is 38.5 Å². The maximum atomic E-state index is 12.3. The first-order chi connectivity index (χ1) is 12.6. The Morgan fingerprint density at radius 1 is 1.00 bits per heavy atom. The number of rotatable bonds is 9. The zero-order valence-electron chi connectivity index (χ0n) is 15.4. The largest absolute Gasteiger partial charge is 0.497 e. The number of anilines is 1. The molecular weight excluding hydrogens is 334 g/mol. The van der Waals surface area contributed by atoms with Gasteiger partial charge in [-0.1, -0.05) is 12.8 Å². The number of carbonyl (C=O) groups excluding carboxylic acids is 2. The molecule has 0 bridgehead atoms. The van der Waals surface area contributed by atoms with Gasteiger partial charge in [-0.3, -0.25) is 14.8 Å². The van der Waals surface area contributed by atoms with Crippen LogP contribution in [0.25, 0.3) is 0 Å². The van der Waals surface area contributed by atoms with Crippen LogP contribution >= 0.6 is 0 Å². The molecule has 144 valence electrons. The van der Waals surface area contributed by atoms with E-state index in [4.69, 9.17) is 9.94 Å². The number of piperazine rings is 1. The van der Waals surface area contributed by atoms with Crippen LogP contribution in [0.5, 0.6) is 5.75 Å². The number of benzene rings is 1. The highest BCUT2D eigenvalue weighted by Gasteiger charge is 2.20. The van der Waals surface area contributed by atoms with Crippen LogP contribution in [0.3, 0.4) is 0 Å². The summed E-state index contributed by atoms with van der Waals surface area (Å²) in [7, 11) is 1.66. The highest BCUT2D eigenvalue weighted by molar-refractivity contribution is 5.76. The topological polar surface area (TPSA) is 82.1 Å². The summed E-state index contributed by atoms with van der Waals surface area (Å²) in [5.41, 5.74) is 2.79. The number of amides is 2. The van der Waals surface area contributed by atoms with Gasteiger partial charge >= 0.3 is 0 Å². The molecule has 1 fully saturated rings. The van der Waals surface area contributed by atoms with E-state index in [9.17, 15) is 9.59 Å². The van der Waals surface area contributed by atoms with Crippen molar-refractivity contribution >= 4 is 17.5 Å². The molecular formula is C19H29N3O4. The number of unbranched alkanes of at least 4 members (excludes halogenated alkanes) is 3. The number of ether oxygens (including phenoxy) is 1. The molecule has 0 aliphatic carbocycles. The Morgan fingerprint density at radius 2 is 1.62 bits per heavy atom. The third kappa shape index (κ3) is 6.22. The fourth-order valence-corrected chi connectivity index (χ4v) is 3.14. The lowest BCUT2D eigenvalue weighted by atomic mass is 10.1. The minimum atomic E-state index is -0.351. The van der Waals surface area contributed by atoms with Gasteiger partial charge in [0.2, 0.25) is 11.8 Å². The summed E-state index contributed by atoms with van der Waals surface area (Å²) in [6, 6.07) is 8.01. The minimum Gasteiger partial charge on any atom is -0.497 e. The highest BCUT2D eigenvalue weighted by atomic mass is 16.5. The Labute approximate surface area is 154 Å². The van der Waals surface area contributed by atoms with Gasteiger partial charge in [-0.15, -0.1) is 0 Å². The van der Waals surface area contributed by atoms with Gasteiger partial charge in [0, 0.05) is 44.7 Å². The molecule has 0 spiro atoms. The Hall–Kier alpha value is -2.28. The van der Waals surface area contributed by atoms with Crippen LogP contribution in [0.2, 0.25) is 0 Å². The molecule has 1 aromatic carbocycles. The van der Waals surface area contributed by atoms with Crippen LogP contribution < -0.4 is 15.1 Å². The zero-order valence-corrected chi connectivity index (χ0v) is 15.4. The van der Waals surface area contributed by atoms with Crippen molar-refractivity contribution in [1.29, 1.82) is 0 Å². The predicted octanol–water partition coefficient (Wildman–Crippen LogP) is 2.19. The molecule has 1 aliphatic heterocycles. The van der Waals surface area contributed by atoms with E-state index in [-0.39, 0.29) is 11.8 Å². The van der Waals surface area contributed by atoms with Crippen molar-refractivity contribution in [1.82, 2.24) is 10.4 Å². The first-order valence-corrected chi connectivity index (χ1v) is 9.23. The van der Waals surface area contributed by atoms with Gasteiger partial charge in [0.05, 0.1) is 7.11 Å². The molecule has 1 saturated heterocycles. The summed E-state index contributed by atoms with van der Waals surface area (Å²) in [5, 5.41) is 8.41. The summed E-state index contributed by atoms with van der Waals surface area (Å²) >= 11 is 0. The Bertz CT molecular complexity index is 569. The van der Waals surface area contributed by atoms with Crippen molar-refractivity contribution in [3.05, 3.63) is 24.3 Å². The van der Waals surface area contributed by atoms with Gasteiger partial charge in [-0.25, -0.2) is 5.48 Å². The normalized spacial score (nSPS) is 14.2. The maximum absolute atomic E-state index is 12.3. The minimum absolute atomic E-state index is 0.215. The predicted molar refractivity (Wildman–Crippen MR) is 99.4 cm³/mol. The number of carbonyl (C=O) groups is 2. The van der Waals surface area contributed by atoms with E-state index >= 15 is 0 Å². The lowest BCUT2D eigenvalue weighted by Gasteiger charge is -2.36. The van der Waals surface area contributed by atoms with Crippen LogP contribution in [0.15, 0.2) is 24.3 Å². The molecule has 0 atom stereocenters. The van der Waals surface area contributed by atoms with E-state index in [2.05, 4.69) is 4.90 Å². The van der Waals surface area contributed by atoms with Crippen LogP contribution in [0, 0.1) is 0 Å². The van der Waals surface area contributed by atoms with Crippen molar-refractivity contribution < 1.29 is 19.5 Å². The third-order valence-corrected chi connectivity index (χ3v) is 4.74. The quantitative estimate of drug-likeness (QED) is 0.399. The van der Waals surface area contributed by atoms with E-state index < -0.39 is 0 Å². The summed E-state index contributed by atoms with van der Waals surface area (Å²) in [6.07, 6.45) is 4.30. The molecule has 26 heavy (non-hydrogen) atoms. The molecule has 0 aromatic heterocycles. The zero-order chi connectivity index (χ0) is 18.8. The van der Waals surface area contributed by atoms with Gasteiger partial charge in [0.15, 0.2) is 0 Å². The second kappa shape index (κ2) is 10.7. The Morgan fingerprint density at radius 3 is 2.19 bits per heavy atom. The molecule has 0 unspecified atom stereocenters. The Kier molecular flexibility index (Phi) is 8.21. The van der Waals surface area contributed by atoms with Crippen molar-refractivity contribution in [2.75, 3.05) is 38.2 Å². The number of hydrogen-bond acceptors (Lipinski definition) is 5. The smallest absolute Gasteiger partial charge is 0.243 e. The first kappa shape index (κ1) is 20.0. The molecule has 0 radical (unpaired) electrons. The van der Waals surface area contributed by atoms with Crippen LogP contribution in [-0.4, -0.2) is 55.2 Å². The monoisotopic (exact) mass is 363 g/mol. The summed E-state index contributed by atoms with van der Waals surface area (Å²) in [6.45, 7) is 3.19. The summed E-state index contributed by atoms with van der Waals surface area (Å²) < 4.78 is 5.18. The van der Waals surface area contributed by atoms with E-state index in [1.807, 2.05) is 29.2 Å². The molecule has 1 aromatic rings. The highest BCUT2D eigenvalue weighted by Crippen LogP contribution is 2.20. The molecule has 2 rings (SSSR count). The number of methoxy groups -OCH3 is 1. The maximum Gasteiger partial charge on any atom is 0.243 e. The standard InChI is InChI=1S/C19H29N3O4/c1-26-17-10-8-16(9-11-17)21-12-14-22(15-13-21)19(24)7-5-3-2-4-6-18(23)20-25/h8-11,25H,2-7,12-15H2,1H3,(H,20,23). The fraction of sp³-hybridized carbons (Fsp3) is 0.579. The second-order valence-corrected chi connectivity index (χ2v) is 6.52. The molecule has 7 heteroatoms. The second-order valence-electron chi connectivity index (χ2n) is 6.52. The van der Waals surface area contributed by atoms with Crippen LogP contribution in [0.1, 0.15) is 38.5 Å². The lowest BCUT2D eigenvalue weighted by molar-refractivity contribution is -0.132. The molecule has 0 saturated carbocycles. The van der Waals surface area contributed by atoms with Gasteiger partial charge in [0.1, 0.15) is 5.75 Å². The van der Waals surface area contributed by atoms with E-state index in [1.54, 1.807) is 12.6 Å². The lowest BCUT2D eigenvalue weighted by Crippen LogP contribution is -2.48. The van der Waals surface area contributed by atoms with Gasteiger partial charge in [0.25, 0.3) is 0 Å². The number of hydrogen-bond donors (Lipinski definition) is 2. The van der Waals surface area contributed by atoms with Gasteiger partial charge in [-0.05, 0) is 37.1 Å². The number of hydroxylamine groups is 1. The average molecular weight is 363 g/mol. The Balaban J connectivity index is 1.62. The van der Waals surface area contributed by atoms with Crippen LogP contribution in [-0.2, 0) is 9.59 Å². The third-order valence-electron chi connectivity index (χ3n) is 4.74. The average Bonchev–Trinajstić information content (AvgIpc) is 2.70. The van der Waals surface area contributed by atoms with Gasteiger partial charge < -0.3 is 14.5 Å². The van der Waals surface area contributed by atoms with Crippen molar-refractivity contribution in [2.24, 2.45) is 0 Å². The number of nitrogens with zero attached hydrogens (tertiary/aromatic N) is 2. The van der Waals surface area contributed by atoms with Gasteiger partial charge in [-0.2, -0.15) is 0 Å². The molecule has 7 nitrogen and oxygen atoms in total. The first-order valence-electron chi connectivity index (χ1n) is 9.23. The molecule has 1 aliphatic rings. The summed E-state index contributed by atoms with van der Waals surface area (Å²) in [4.78, 5) is 27.4. The van der Waals surface area contributed by atoms with Crippen molar-refractivity contribution in [3.8, 4) is 5.75 Å². The van der Waals surface area contributed by atoms with E-state index in [1.165, 1.54) is 0 Å². The van der Waals surface area contributed by atoms with Crippen molar-refractivity contribution in [3.63, 3.8) is 0 Å². The fourth-order valence-electron chi connectivity index (χ4n) is 3.14. The van der Waals surface area contributed by atoms with E-state index in [0.717, 1.165) is 63.3 Å². The molecule has 2 N–H and O–H groups in total. The number of nitrogens with one attached hydrogen (secondary N) is 1. The molecule has 2 amide bonds.